The van der Waals surface area contributed by atoms with Crippen LogP contribution in [0.4, 0.5) is 8.78 Å². The van der Waals surface area contributed by atoms with Crippen molar-refractivity contribution in [3.05, 3.63) is 35.4 Å². The first-order valence-electron chi connectivity index (χ1n) is 5.26. The molecule has 0 fully saturated rings. The van der Waals surface area contributed by atoms with E-state index in [2.05, 4.69) is 0 Å². The molecule has 0 unspecified atom stereocenters. The number of hydrogen-bond donors (Lipinski definition) is 1. The molecule has 0 radical (unpaired) electrons. The van der Waals surface area contributed by atoms with Gasteiger partial charge < -0.3 is 5.11 Å². The molecule has 0 spiro atoms. The minimum atomic E-state index is -3.74. The van der Waals surface area contributed by atoms with E-state index < -0.39 is 23.0 Å². The number of hydrogen-bond acceptors (Lipinski definition) is 3. The molecular formula is C11H15F2NO3S. The van der Waals surface area contributed by atoms with Crippen LogP contribution in [0.2, 0.25) is 0 Å². The summed E-state index contributed by atoms with van der Waals surface area (Å²) < 4.78 is 48.4. The van der Waals surface area contributed by atoms with Crippen molar-refractivity contribution in [3.63, 3.8) is 0 Å². The van der Waals surface area contributed by atoms with Gasteiger partial charge >= 0.3 is 0 Å². The van der Waals surface area contributed by atoms with Crippen LogP contribution >= 0.6 is 0 Å². The van der Waals surface area contributed by atoms with E-state index in [9.17, 15) is 17.2 Å². The zero-order valence-corrected chi connectivity index (χ0v) is 10.7. The predicted octanol–water partition coefficient (Wildman–Crippen LogP) is 1.21. The lowest BCUT2D eigenvalue weighted by Crippen LogP contribution is -2.32. The number of sulfonamides is 1. The normalized spacial score (nSPS) is 12.3. The Morgan fingerprint density at radius 2 is 1.72 bits per heavy atom. The highest BCUT2D eigenvalue weighted by Gasteiger charge is 2.21. The summed E-state index contributed by atoms with van der Waals surface area (Å²) in [6.07, 6.45) is -2.69. The summed E-state index contributed by atoms with van der Waals surface area (Å²) in [6, 6.07) is 6.30. The van der Waals surface area contributed by atoms with Gasteiger partial charge in [-0.3, -0.25) is 0 Å². The van der Waals surface area contributed by atoms with Crippen LogP contribution < -0.4 is 0 Å². The Hall–Kier alpha value is -1.05. The zero-order valence-electron chi connectivity index (χ0n) is 9.88. The molecule has 0 heterocycles. The second kappa shape index (κ2) is 6.21. The van der Waals surface area contributed by atoms with Gasteiger partial charge in [-0.15, -0.1) is 0 Å². The standard InChI is InChI=1S/C11H15F2NO3S/c1-14(6-11(12)13)18(16,17)8-10-4-2-9(7-15)3-5-10/h2-5,11,15H,6-8H2,1H3. The van der Waals surface area contributed by atoms with Gasteiger partial charge in [0.15, 0.2) is 0 Å². The van der Waals surface area contributed by atoms with Gasteiger partial charge in [0, 0.05) is 7.05 Å². The monoisotopic (exact) mass is 279 g/mol. The Bertz CT molecular complexity index is 474. The van der Waals surface area contributed by atoms with E-state index in [4.69, 9.17) is 5.11 Å². The van der Waals surface area contributed by atoms with Crippen LogP contribution in [0.1, 0.15) is 11.1 Å². The maximum atomic E-state index is 12.1. The number of halogens is 2. The first kappa shape index (κ1) is 15.0. The van der Waals surface area contributed by atoms with Gasteiger partial charge in [0.1, 0.15) is 0 Å². The smallest absolute Gasteiger partial charge is 0.252 e. The quantitative estimate of drug-likeness (QED) is 0.851. The maximum absolute atomic E-state index is 12.1. The number of benzene rings is 1. The van der Waals surface area contributed by atoms with Gasteiger partial charge in [-0.25, -0.2) is 17.2 Å². The Kier molecular flexibility index (Phi) is 5.18. The second-order valence-electron chi connectivity index (χ2n) is 3.90. The molecule has 1 aromatic carbocycles. The molecule has 7 heteroatoms. The van der Waals surface area contributed by atoms with Crippen molar-refractivity contribution in [1.29, 1.82) is 0 Å². The lowest BCUT2D eigenvalue weighted by Gasteiger charge is -2.16. The van der Waals surface area contributed by atoms with E-state index in [1.54, 1.807) is 24.3 Å². The van der Waals surface area contributed by atoms with Crippen LogP contribution in [0.15, 0.2) is 24.3 Å². The second-order valence-corrected chi connectivity index (χ2v) is 5.98. The molecule has 0 aliphatic carbocycles. The SMILES string of the molecule is CN(CC(F)F)S(=O)(=O)Cc1ccc(CO)cc1. The van der Waals surface area contributed by atoms with Crippen LogP contribution in [0, 0.1) is 0 Å². The van der Waals surface area contributed by atoms with Gasteiger partial charge in [0.05, 0.1) is 18.9 Å². The molecule has 1 N–H and O–H groups in total. The highest BCUT2D eigenvalue weighted by atomic mass is 32.2. The fourth-order valence-corrected chi connectivity index (χ4v) is 2.54. The van der Waals surface area contributed by atoms with E-state index in [1.807, 2.05) is 0 Å². The number of alkyl halides is 2. The van der Waals surface area contributed by atoms with E-state index in [0.717, 1.165) is 7.05 Å². The van der Waals surface area contributed by atoms with Crippen LogP contribution in [-0.4, -0.2) is 37.8 Å². The Balaban J connectivity index is 2.75. The minimum Gasteiger partial charge on any atom is -0.392 e. The average Bonchev–Trinajstić information content (AvgIpc) is 2.28. The Morgan fingerprint density at radius 3 is 2.17 bits per heavy atom. The van der Waals surface area contributed by atoms with E-state index in [-0.39, 0.29) is 12.4 Å². The fraction of sp³-hybridized carbons (Fsp3) is 0.455. The van der Waals surface area contributed by atoms with Crippen LogP contribution in [0.5, 0.6) is 0 Å². The molecule has 1 rings (SSSR count). The molecule has 18 heavy (non-hydrogen) atoms. The van der Waals surface area contributed by atoms with Crippen LogP contribution in [0.25, 0.3) is 0 Å². The summed E-state index contributed by atoms with van der Waals surface area (Å²) in [6.45, 7) is -0.935. The van der Waals surface area contributed by atoms with Crippen molar-refractivity contribution in [2.75, 3.05) is 13.6 Å². The molecule has 0 aromatic heterocycles. The molecule has 0 bridgehead atoms. The van der Waals surface area contributed by atoms with Gasteiger partial charge in [0.2, 0.25) is 10.0 Å². The largest absolute Gasteiger partial charge is 0.392 e. The van der Waals surface area contributed by atoms with Crippen molar-refractivity contribution < 1.29 is 22.3 Å². The Morgan fingerprint density at radius 1 is 1.22 bits per heavy atom. The summed E-state index contributed by atoms with van der Waals surface area (Å²) in [5.41, 5.74) is 1.16. The molecule has 4 nitrogen and oxygen atoms in total. The first-order chi connectivity index (χ1) is 8.35. The van der Waals surface area contributed by atoms with Crippen molar-refractivity contribution in [2.24, 2.45) is 0 Å². The topological polar surface area (TPSA) is 57.6 Å². The number of aliphatic hydroxyl groups is 1. The van der Waals surface area contributed by atoms with Gasteiger partial charge in [-0.05, 0) is 11.1 Å². The maximum Gasteiger partial charge on any atom is 0.252 e. The minimum absolute atomic E-state index is 0.127. The highest BCUT2D eigenvalue weighted by Crippen LogP contribution is 2.12. The number of aliphatic hydroxyl groups excluding tert-OH is 1. The third-order valence-corrected chi connectivity index (χ3v) is 4.22. The van der Waals surface area contributed by atoms with E-state index in [0.29, 0.717) is 15.4 Å². The molecule has 0 atom stereocenters. The van der Waals surface area contributed by atoms with Crippen molar-refractivity contribution >= 4 is 10.0 Å². The molecule has 0 saturated carbocycles. The number of nitrogens with zero attached hydrogens (tertiary/aromatic N) is 1. The van der Waals surface area contributed by atoms with Crippen molar-refractivity contribution in [1.82, 2.24) is 4.31 Å². The Labute approximate surface area is 105 Å². The zero-order chi connectivity index (χ0) is 13.8. The summed E-state index contributed by atoms with van der Waals surface area (Å²) in [4.78, 5) is 0. The third-order valence-electron chi connectivity index (χ3n) is 2.42. The average molecular weight is 279 g/mol. The number of rotatable bonds is 6. The first-order valence-corrected chi connectivity index (χ1v) is 6.87. The van der Waals surface area contributed by atoms with Gasteiger partial charge in [0.25, 0.3) is 6.43 Å². The summed E-state index contributed by atoms with van der Waals surface area (Å²) >= 11 is 0. The third kappa shape index (κ3) is 4.32. The van der Waals surface area contributed by atoms with Crippen LogP contribution in [0.3, 0.4) is 0 Å². The van der Waals surface area contributed by atoms with Gasteiger partial charge in [-0.1, -0.05) is 24.3 Å². The van der Waals surface area contributed by atoms with Crippen molar-refractivity contribution in [2.45, 2.75) is 18.8 Å². The fourth-order valence-electron chi connectivity index (χ4n) is 1.37. The molecule has 0 saturated heterocycles. The molecule has 0 amide bonds. The molecule has 0 aliphatic rings. The van der Waals surface area contributed by atoms with Gasteiger partial charge in [-0.2, -0.15) is 4.31 Å². The lowest BCUT2D eigenvalue weighted by molar-refractivity contribution is 0.126. The van der Waals surface area contributed by atoms with Crippen molar-refractivity contribution in [3.8, 4) is 0 Å². The molecule has 1 aromatic rings. The van der Waals surface area contributed by atoms with E-state index in [1.165, 1.54) is 0 Å². The lowest BCUT2D eigenvalue weighted by atomic mass is 10.2. The molecule has 102 valence electrons. The van der Waals surface area contributed by atoms with E-state index >= 15 is 0 Å². The molecular weight excluding hydrogens is 264 g/mol. The summed E-state index contributed by atoms with van der Waals surface area (Å²) in [5.74, 6) is -0.331. The van der Waals surface area contributed by atoms with Crippen LogP contribution in [-0.2, 0) is 22.4 Å². The highest BCUT2D eigenvalue weighted by molar-refractivity contribution is 7.88. The summed E-state index contributed by atoms with van der Waals surface area (Å²) in [7, 11) is -2.61. The molecule has 0 aliphatic heterocycles. The summed E-state index contributed by atoms with van der Waals surface area (Å²) in [5, 5.41) is 8.84. The predicted molar refractivity (Wildman–Crippen MR) is 63.6 cm³/mol.